The van der Waals surface area contributed by atoms with Crippen LogP contribution in [-0.4, -0.2) is 44.0 Å². The largest absolute Gasteiger partial charge is 0.465 e. The molecule has 0 bridgehead atoms. The third-order valence-corrected chi connectivity index (χ3v) is 4.11. The molecule has 0 aromatic heterocycles. The van der Waals surface area contributed by atoms with Gasteiger partial charge in [-0.1, -0.05) is 12.1 Å². The lowest BCUT2D eigenvalue weighted by Crippen LogP contribution is -2.39. The minimum Gasteiger partial charge on any atom is -0.465 e. The van der Waals surface area contributed by atoms with E-state index < -0.39 is 0 Å². The van der Waals surface area contributed by atoms with E-state index in [1.165, 1.54) is 7.11 Å². The van der Waals surface area contributed by atoms with E-state index in [-0.39, 0.29) is 17.3 Å². The Morgan fingerprint density at radius 1 is 1.33 bits per heavy atom. The Bertz CT molecular complexity index is 527. The number of amides is 1. The first kappa shape index (κ1) is 15.5. The number of ether oxygens (including phenoxy) is 1. The van der Waals surface area contributed by atoms with Crippen LogP contribution in [0.1, 0.15) is 29.3 Å². The highest BCUT2D eigenvalue weighted by atomic mass is 16.5. The second-order valence-electron chi connectivity index (χ2n) is 5.79. The molecule has 1 aromatic rings. The van der Waals surface area contributed by atoms with E-state index in [0.29, 0.717) is 5.56 Å². The van der Waals surface area contributed by atoms with Crippen LogP contribution < -0.4 is 5.32 Å². The van der Waals surface area contributed by atoms with E-state index in [9.17, 15) is 9.59 Å². The number of rotatable bonds is 4. The summed E-state index contributed by atoms with van der Waals surface area (Å²) < 4.78 is 4.68. The van der Waals surface area contributed by atoms with Crippen molar-refractivity contribution < 1.29 is 14.3 Å². The molecule has 1 aliphatic heterocycles. The Balaban J connectivity index is 1.97. The van der Waals surface area contributed by atoms with Crippen molar-refractivity contribution in [1.29, 1.82) is 0 Å². The molecule has 5 nitrogen and oxygen atoms in total. The fourth-order valence-corrected chi connectivity index (χ4v) is 2.80. The highest BCUT2D eigenvalue weighted by Gasteiger charge is 2.39. The first-order chi connectivity index (χ1) is 9.98. The van der Waals surface area contributed by atoms with Crippen LogP contribution in [0.2, 0.25) is 0 Å². The minimum absolute atomic E-state index is 0.103. The zero-order valence-corrected chi connectivity index (χ0v) is 12.8. The molecule has 21 heavy (non-hydrogen) atoms. The number of hydrogen-bond donors (Lipinski definition) is 1. The van der Waals surface area contributed by atoms with Crippen molar-refractivity contribution in [3.05, 3.63) is 35.4 Å². The Morgan fingerprint density at radius 2 is 2.00 bits per heavy atom. The summed E-state index contributed by atoms with van der Waals surface area (Å²) in [5.74, 6) is -0.221. The van der Waals surface area contributed by atoms with Crippen LogP contribution in [0.15, 0.2) is 24.3 Å². The zero-order valence-electron chi connectivity index (χ0n) is 12.8. The number of benzene rings is 1. The van der Waals surface area contributed by atoms with Gasteiger partial charge in [0.25, 0.3) is 0 Å². The molecule has 1 atom stereocenters. The average Bonchev–Trinajstić information content (AvgIpc) is 2.88. The van der Waals surface area contributed by atoms with E-state index in [1.54, 1.807) is 19.2 Å². The van der Waals surface area contributed by atoms with Gasteiger partial charge in [0.15, 0.2) is 0 Å². The van der Waals surface area contributed by atoms with Gasteiger partial charge >= 0.3 is 5.97 Å². The Morgan fingerprint density at radius 3 is 2.57 bits per heavy atom. The number of hydrogen-bond acceptors (Lipinski definition) is 4. The summed E-state index contributed by atoms with van der Waals surface area (Å²) in [4.78, 5) is 25.5. The molecular formula is C16H22N2O3. The second-order valence-corrected chi connectivity index (χ2v) is 5.79. The lowest BCUT2D eigenvalue weighted by atomic mass is 9.89. The van der Waals surface area contributed by atoms with Gasteiger partial charge in [0.05, 0.1) is 18.1 Å². The third kappa shape index (κ3) is 3.42. The number of methoxy groups -OCH3 is 1. The van der Waals surface area contributed by atoms with Gasteiger partial charge in [-0.25, -0.2) is 4.79 Å². The lowest BCUT2D eigenvalue weighted by Gasteiger charge is -2.22. The van der Waals surface area contributed by atoms with E-state index in [2.05, 4.69) is 15.0 Å². The van der Waals surface area contributed by atoms with Gasteiger partial charge in [-0.2, -0.15) is 0 Å². The summed E-state index contributed by atoms with van der Waals surface area (Å²) in [6, 6.07) is 7.41. The molecular weight excluding hydrogens is 268 g/mol. The number of nitrogens with zero attached hydrogens (tertiary/aromatic N) is 1. The van der Waals surface area contributed by atoms with Gasteiger partial charge in [0, 0.05) is 20.1 Å². The average molecular weight is 290 g/mol. The van der Waals surface area contributed by atoms with Crippen molar-refractivity contribution >= 4 is 11.9 Å². The molecule has 1 aliphatic rings. The van der Waals surface area contributed by atoms with Crippen LogP contribution in [0.3, 0.4) is 0 Å². The van der Waals surface area contributed by atoms with Crippen molar-refractivity contribution in [2.24, 2.45) is 5.41 Å². The van der Waals surface area contributed by atoms with Crippen LogP contribution in [0.5, 0.6) is 0 Å². The number of nitrogens with one attached hydrogen (secondary N) is 1. The third-order valence-electron chi connectivity index (χ3n) is 4.11. The van der Waals surface area contributed by atoms with Crippen LogP contribution in [0, 0.1) is 5.41 Å². The van der Waals surface area contributed by atoms with Crippen molar-refractivity contribution in [2.75, 3.05) is 27.2 Å². The highest BCUT2D eigenvalue weighted by Crippen LogP contribution is 2.30. The van der Waals surface area contributed by atoms with Gasteiger partial charge in [0.2, 0.25) is 5.91 Å². The molecule has 1 N–H and O–H groups in total. The van der Waals surface area contributed by atoms with Gasteiger partial charge in [0.1, 0.15) is 0 Å². The molecule has 114 valence electrons. The maximum absolute atomic E-state index is 11.9. The second kappa shape index (κ2) is 6.26. The highest BCUT2D eigenvalue weighted by molar-refractivity contribution is 5.89. The quantitative estimate of drug-likeness (QED) is 0.852. The summed E-state index contributed by atoms with van der Waals surface area (Å²) in [6.45, 7) is 4.45. The van der Waals surface area contributed by atoms with Crippen LogP contribution in [-0.2, 0) is 16.1 Å². The first-order valence-electron chi connectivity index (χ1n) is 7.10. The summed E-state index contributed by atoms with van der Waals surface area (Å²) in [5, 5.41) is 2.74. The Kier molecular flexibility index (Phi) is 4.63. The Hall–Kier alpha value is -1.88. The van der Waals surface area contributed by atoms with E-state index in [4.69, 9.17) is 0 Å². The number of likely N-dealkylation sites (tertiary alicyclic amines) is 1. The van der Waals surface area contributed by atoms with Crippen molar-refractivity contribution in [3.63, 3.8) is 0 Å². The number of esters is 1. The molecule has 1 saturated heterocycles. The number of carbonyl (C=O) groups excluding carboxylic acids is 2. The minimum atomic E-state index is -0.324. The predicted octanol–water partition coefficient (Wildman–Crippen LogP) is 1.43. The summed E-state index contributed by atoms with van der Waals surface area (Å²) in [6.07, 6.45) is 0.868. The monoisotopic (exact) mass is 290 g/mol. The summed E-state index contributed by atoms with van der Waals surface area (Å²) in [7, 11) is 3.06. The topological polar surface area (TPSA) is 58.6 Å². The fourth-order valence-electron chi connectivity index (χ4n) is 2.80. The molecule has 0 saturated carbocycles. The molecule has 5 heteroatoms. The molecule has 0 aliphatic carbocycles. The van der Waals surface area contributed by atoms with Gasteiger partial charge in [-0.15, -0.1) is 0 Å². The smallest absolute Gasteiger partial charge is 0.337 e. The molecule has 1 aromatic carbocycles. The molecule has 0 spiro atoms. The van der Waals surface area contributed by atoms with Crippen molar-refractivity contribution in [3.8, 4) is 0 Å². The first-order valence-corrected chi connectivity index (χ1v) is 7.10. The van der Waals surface area contributed by atoms with E-state index >= 15 is 0 Å². The molecule has 1 fully saturated rings. The number of carbonyl (C=O) groups is 2. The predicted molar refractivity (Wildman–Crippen MR) is 79.8 cm³/mol. The van der Waals surface area contributed by atoms with E-state index in [1.807, 2.05) is 19.1 Å². The van der Waals surface area contributed by atoms with E-state index in [0.717, 1.165) is 31.6 Å². The molecule has 0 radical (unpaired) electrons. The zero-order chi connectivity index (χ0) is 15.5. The van der Waals surface area contributed by atoms with Gasteiger partial charge in [-0.05, 0) is 37.6 Å². The van der Waals surface area contributed by atoms with Gasteiger partial charge in [-0.3, -0.25) is 9.69 Å². The van der Waals surface area contributed by atoms with Crippen LogP contribution in [0.4, 0.5) is 0 Å². The normalized spacial score (nSPS) is 22.0. The van der Waals surface area contributed by atoms with Gasteiger partial charge < -0.3 is 10.1 Å². The van der Waals surface area contributed by atoms with Crippen molar-refractivity contribution in [1.82, 2.24) is 10.2 Å². The SMILES string of the molecule is CNC(=O)C1(C)CCN(Cc2ccc(C(=O)OC)cc2)C1. The van der Waals surface area contributed by atoms with Crippen LogP contribution in [0.25, 0.3) is 0 Å². The fraction of sp³-hybridized carbons (Fsp3) is 0.500. The standard InChI is InChI=1S/C16H22N2O3/c1-16(15(20)17-2)8-9-18(11-16)10-12-4-6-13(7-5-12)14(19)21-3/h4-7H,8-11H2,1-3H3,(H,17,20). The summed E-state index contributed by atoms with van der Waals surface area (Å²) in [5.41, 5.74) is 1.38. The summed E-state index contributed by atoms with van der Waals surface area (Å²) >= 11 is 0. The molecule has 1 heterocycles. The Labute approximate surface area is 125 Å². The molecule has 2 rings (SSSR count). The maximum atomic E-state index is 11.9. The van der Waals surface area contributed by atoms with Crippen molar-refractivity contribution in [2.45, 2.75) is 19.9 Å². The maximum Gasteiger partial charge on any atom is 0.337 e. The van der Waals surface area contributed by atoms with Crippen LogP contribution >= 0.6 is 0 Å². The molecule has 1 unspecified atom stereocenters. The lowest BCUT2D eigenvalue weighted by molar-refractivity contribution is -0.129. The molecule has 1 amide bonds.